The van der Waals surface area contributed by atoms with E-state index in [0.717, 1.165) is 39.4 Å². The molecule has 2 heterocycles. The van der Waals surface area contributed by atoms with Gasteiger partial charge < -0.3 is 9.64 Å². The molecule has 0 saturated carbocycles. The summed E-state index contributed by atoms with van der Waals surface area (Å²) in [6, 6.07) is 17.0. The Balaban J connectivity index is 1.36. The van der Waals surface area contributed by atoms with Crippen molar-refractivity contribution in [3.8, 4) is 0 Å². The molecule has 0 radical (unpaired) electrons. The van der Waals surface area contributed by atoms with Crippen molar-refractivity contribution < 1.29 is 9.53 Å². The largest absolute Gasteiger partial charge is 0.462 e. The van der Waals surface area contributed by atoms with Gasteiger partial charge in [-0.3, -0.25) is 0 Å². The number of hydrogen-bond acceptors (Lipinski definition) is 10. The summed E-state index contributed by atoms with van der Waals surface area (Å²) in [5.41, 5.74) is 3.31. The maximum atomic E-state index is 12.1. The first-order valence-electron chi connectivity index (χ1n) is 10.8. The van der Waals surface area contributed by atoms with Crippen LogP contribution in [0.5, 0.6) is 0 Å². The van der Waals surface area contributed by atoms with Crippen LogP contribution in [0, 0.1) is 0 Å². The van der Waals surface area contributed by atoms with Crippen molar-refractivity contribution in [1.29, 1.82) is 0 Å². The Morgan fingerprint density at radius 1 is 0.912 bits per heavy atom. The lowest BCUT2D eigenvalue weighted by Crippen LogP contribution is -2.07. The van der Waals surface area contributed by atoms with Crippen LogP contribution in [0.15, 0.2) is 75.1 Å². The standard InChI is InChI=1S/C24H24N6O2S2/c1-4-5-14-32-23(31)21-15-20-22(33-21)25-24(34-20)29-28-17-8-6-16(7-9-17)26-27-18-10-12-19(13-11-18)30(2)3/h6-13,15H,4-5,14H2,1-3H3. The highest BCUT2D eigenvalue weighted by molar-refractivity contribution is 7.29. The van der Waals surface area contributed by atoms with Crippen molar-refractivity contribution in [2.45, 2.75) is 19.8 Å². The van der Waals surface area contributed by atoms with Crippen molar-refractivity contribution in [2.75, 3.05) is 25.6 Å². The lowest BCUT2D eigenvalue weighted by atomic mass is 10.3. The van der Waals surface area contributed by atoms with Gasteiger partial charge in [-0.2, -0.15) is 10.2 Å². The number of rotatable bonds is 9. The molecule has 0 aliphatic heterocycles. The summed E-state index contributed by atoms with van der Waals surface area (Å²) in [6.07, 6.45) is 1.85. The average molecular weight is 493 g/mol. The number of thiazole rings is 1. The molecule has 0 saturated heterocycles. The predicted molar refractivity (Wildman–Crippen MR) is 138 cm³/mol. The van der Waals surface area contributed by atoms with Crippen LogP contribution in [-0.4, -0.2) is 31.7 Å². The molecule has 4 rings (SSSR count). The van der Waals surface area contributed by atoms with Gasteiger partial charge in [0.1, 0.15) is 9.71 Å². The van der Waals surface area contributed by atoms with Gasteiger partial charge in [0.2, 0.25) is 5.13 Å². The summed E-state index contributed by atoms with van der Waals surface area (Å²) in [4.78, 5) is 19.9. The van der Waals surface area contributed by atoms with Crippen LogP contribution in [0.25, 0.3) is 9.53 Å². The number of azo groups is 2. The second-order valence-corrected chi connectivity index (χ2v) is 9.63. The summed E-state index contributed by atoms with van der Waals surface area (Å²) < 4.78 is 6.16. The summed E-state index contributed by atoms with van der Waals surface area (Å²) in [5, 5.41) is 17.6. The third kappa shape index (κ3) is 6.09. The Morgan fingerprint density at radius 2 is 1.50 bits per heavy atom. The van der Waals surface area contributed by atoms with E-state index < -0.39 is 0 Å². The lowest BCUT2D eigenvalue weighted by Gasteiger charge is -2.11. The highest BCUT2D eigenvalue weighted by Gasteiger charge is 2.15. The van der Waals surface area contributed by atoms with E-state index in [2.05, 4.69) is 32.4 Å². The molecule has 0 amide bonds. The van der Waals surface area contributed by atoms with Gasteiger partial charge in [-0.25, -0.2) is 9.78 Å². The normalized spacial score (nSPS) is 11.6. The number of anilines is 1. The molecule has 0 fully saturated rings. The molecule has 2 aromatic heterocycles. The number of thiophene rings is 1. The van der Waals surface area contributed by atoms with Gasteiger partial charge in [0.05, 0.1) is 28.4 Å². The monoisotopic (exact) mass is 492 g/mol. The zero-order valence-corrected chi connectivity index (χ0v) is 20.8. The minimum absolute atomic E-state index is 0.297. The number of unbranched alkanes of at least 4 members (excludes halogenated alkanes) is 1. The molecule has 0 aliphatic carbocycles. The van der Waals surface area contributed by atoms with Crippen LogP contribution in [-0.2, 0) is 4.74 Å². The van der Waals surface area contributed by atoms with E-state index in [-0.39, 0.29) is 5.97 Å². The summed E-state index contributed by atoms with van der Waals surface area (Å²) >= 11 is 2.70. The van der Waals surface area contributed by atoms with Crippen molar-refractivity contribution >= 4 is 66.1 Å². The third-order valence-electron chi connectivity index (χ3n) is 4.76. The molecule has 0 N–H and O–H groups in total. The van der Waals surface area contributed by atoms with Gasteiger partial charge in [0, 0.05) is 19.8 Å². The Kier molecular flexibility index (Phi) is 7.71. The van der Waals surface area contributed by atoms with Crippen molar-refractivity contribution in [3.63, 3.8) is 0 Å². The number of carbonyl (C=O) groups excluding carboxylic acids is 1. The molecule has 0 atom stereocenters. The first kappa shape index (κ1) is 23.7. The number of nitrogens with zero attached hydrogens (tertiary/aromatic N) is 6. The van der Waals surface area contributed by atoms with E-state index in [9.17, 15) is 4.79 Å². The molecule has 0 spiro atoms. The molecule has 174 valence electrons. The number of esters is 1. The fourth-order valence-electron chi connectivity index (χ4n) is 2.87. The Labute approximate surface area is 205 Å². The highest BCUT2D eigenvalue weighted by Crippen LogP contribution is 2.35. The van der Waals surface area contributed by atoms with Crippen LogP contribution in [0.4, 0.5) is 27.9 Å². The quantitative estimate of drug-likeness (QED) is 0.134. The number of fused-ring (bicyclic) bond motifs is 1. The van der Waals surface area contributed by atoms with E-state index in [1.54, 1.807) is 6.07 Å². The van der Waals surface area contributed by atoms with Gasteiger partial charge in [-0.05, 0) is 61.0 Å². The van der Waals surface area contributed by atoms with Crippen LogP contribution in [0.3, 0.4) is 0 Å². The third-order valence-corrected chi connectivity index (χ3v) is 6.78. The predicted octanol–water partition coefficient (Wildman–Crippen LogP) is 8.21. The van der Waals surface area contributed by atoms with Crippen molar-refractivity contribution in [3.05, 3.63) is 59.5 Å². The second-order valence-electron chi connectivity index (χ2n) is 7.59. The molecule has 0 unspecified atom stereocenters. The summed E-state index contributed by atoms with van der Waals surface area (Å²) in [5.74, 6) is -0.297. The minimum Gasteiger partial charge on any atom is -0.462 e. The number of hydrogen-bond donors (Lipinski definition) is 0. The molecule has 0 bridgehead atoms. The number of aromatic nitrogens is 1. The van der Waals surface area contributed by atoms with Crippen molar-refractivity contribution in [1.82, 2.24) is 4.98 Å². The highest BCUT2D eigenvalue weighted by atomic mass is 32.1. The van der Waals surface area contributed by atoms with Gasteiger partial charge in [0.15, 0.2) is 0 Å². The zero-order valence-electron chi connectivity index (χ0n) is 19.1. The van der Waals surface area contributed by atoms with Gasteiger partial charge in [0.25, 0.3) is 0 Å². The van der Waals surface area contributed by atoms with Gasteiger partial charge >= 0.3 is 5.97 Å². The lowest BCUT2D eigenvalue weighted by molar-refractivity contribution is 0.0505. The first-order chi connectivity index (χ1) is 16.5. The van der Waals surface area contributed by atoms with Crippen LogP contribution >= 0.6 is 22.7 Å². The van der Waals surface area contributed by atoms with E-state index in [0.29, 0.717) is 22.3 Å². The molecule has 0 aliphatic rings. The molecule has 8 nitrogen and oxygen atoms in total. The first-order valence-corrected chi connectivity index (χ1v) is 12.4. The molecule has 2 aromatic carbocycles. The Hall–Kier alpha value is -3.50. The minimum atomic E-state index is -0.297. The van der Waals surface area contributed by atoms with Crippen LogP contribution in [0.1, 0.15) is 29.4 Å². The molecule has 34 heavy (non-hydrogen) atoms. The smallest absolute Gasteiger partial charge is 0.348 e. The average Bonchev–Trinajstić information content (AvgIpc) is 3.41. The van der Waals surface area contributed by atoms with Crippen LogP contribution in [0.2, 0.25) is 0 Å². The van der Waals surface area contributed by atoms with Gasteiger partial charge in [-0.15, -0.1) is 21.6 Å². The van der Waals surface area contributed by atoms with E-state index in [1.165, 1.54) is 22.7 Å². The topological polar surface area (TPSA) is 91.9 Å². The molecular weight excluding hydrogens is 468 g/mol. The number of ether oxygens (including phenoxy) is 1. The van der Waals surface area contributed by atoms with E-state index in [1.807, 2.05) is 67.5 Å². The van der Waals surface area contributed by atoms with Crippen molar-refractivity contribution in [2.24, 2.45) is 20.5 Å². The SMILES string of the molecule is CCCCOC(=O)c1cc2sc(N=Nc3ccc(N=Nc4ccc(N(C)C)cc4)cc3)nc2s1. The molecular formula is C24H24N6O2S2. The molecule has 10 heteroatoms. The van der Waals surface area contributed by atoms with Gasteiger partial charge in [-0.1, -0.05) is 24.7 Å². The number of carbonyl (C=O) groups is 1. The summed E-state index contributed by atoms with van der Waals surface area (Å²) in [6.45, 7) is 2.50. The zero-order chi connectivity index (χ0) is 23.9. The fraction of sp³-hybridized carbons (Fsp3) is 0.250. The fourth-order valence-corrected chi connectivity index (χ4v) is 4.79. The van der Waals surface area contributed by atoms with Crippen LogP contribution < -0.4 is 4.90 Å². The Bertz CT molecular complexity index is 1280. The Morgan fingerprint density at radius 3 is 2.06 bits per heavy atom. The molecule has 4 aromatic rings. The van der Waals surface area contributed by atoms with E-state index in [4.69, 9.17) is 4.74 Å². The maximum absolute atomic E-state index is 12.1. The number of benzene rings is 2. The maximum Gasteiger partial charge on any atom is 0.348 e. The second kappa shape index (κ2) is 11.1. The summed E-state index contributed by atoms with van der Waals surface area (Å²) in [7, 11) is 3.99. The van der Waals surface area contributed by atoms with E-state index >= 15 is 0 Å².